The normalized spacial score (nSPS) is 12.3. The Morgan fingerprint density at radius 1 is 1.33 bits per heavy atom. The highest BCUT2D eigenvalue weighted by Gasteiger charge is 2.15. The van der Waals surface area contributed by atoms with E-state index in [9.17, 15) is 4.79 Å². The number of amides is 2. The predicted octanol–water partition coefficient (Wildman–Crippen LogP) is 3.79. The molecule has 0 unspecified atom stereocenters. The summed E-state index contributed by atoms with van der Waals surface area (Å²) in [5, 5.41) is 2.82. The van der Waals surface area contributed by atoms with E-state index in [0.717, 1.165) is 9.21 Å². The number of carbonyl (C=O) groups is 1. The molecule has 0 saturated carbocycles. The second-order valence-corrected chi connectivity index (χ2v) is 6.36. The van der Waals surface area contributed by atoms with Crippen LogP contribution in [0.4, 0.5) is 10.5 Å². The Bertz CT molecular complexity index is 674. The van der Waals surface area contributed by atoms with Gasteiger partial charge in [-0.3, -0.25) is 0 Å². The van der Waals surface area contributed by atoms with E-state index in [-0.39, 0.29) is 12.8 Å². The summed E-state index contributed by atoms with van der Waals surface area (Å²) in [5.74, 6) is 1.33. The molecular weight excluding hydrogens is 312 g/mol. The van der Waals surface area contributed by atoms with Crippen molar-refractivity contribution in [3.63, 3.8) is 0 Å². The fourth-order valence-corrected chi connectivity index (χ4v) is 3.08. The van der Waals surface area contributed by atoms with Crippen molar-refractivity contribution in [1.82, 2.24) is 4.90 Å². The minimum Gasteiger partial charge on any atom is -0.454 e. The molecular formula is C14H13ClN2O3S. The van der Waals surface area contributed by atoms with Gasteiger partial charge < -0.3 is 19.7 Å². The quantitative estimate of drug-likeness (QED) is 0.934. The minimum atomic E-state index is -0.196. The van der Waals surface area contributed by atoms with Gasteiger partial charge in [0, 0.05) is 23.7 Å². The van der Waals surface area contributed by atoms with Crippen molar-refractivity contribution < 1.29 is 14.3 Å². The molecule has 0 bridgehead atoms. The van der Waals surface area contributed by atoms with Gasteiger partial charge in [0.15, 0.2) is 11.5 Å². The zero-order valence-corrected chi connectivity index (χ0v) is 12.8. The van der Waals surface area contributed by atoms with Crippen LogP contribution >= 0.6 is 22.9 Å². The summed E-state index contributed by atoms with van der Waals surface area (Å²) in [6, 6.07) is 8.84. The van der Waals surface area contributed by atoms with Gasteiger partial charge in [-0.2, -0.15) is 0 Å². The highest BCUT2D eigenvalue weighted by molar-refractivity contribution is 7.16. The molecule has 5 nitrogen and oxygen atoms in total. The van der Waals surface area contributed by atoms with Gasteiger partial charge in [-0.15, -0.1) is 11.3 Å². The number of nitrogens with zero attached hydrogens (tertiary/aromatic N) is 1. The molecule has 7 heteroatoms. The summed E-state index contributed by atoms with van der Waals surface area (Å²) >= 11 is 7.34. The van der Waals surface area contributed by atoms with E-state index in [0.29, 0.717) is 23.7 Å². The molecule has 21 heavy (non-hydrogen) atoms. The standard InChI is InChI=1S/C14H13ClN2O3S/c1-17(7-10-3-5-13(15)21-10)14(18)16-9-2-4-11-12(6-9)20-8-19-11/h2-6H,7-8H2,1H3,(H,16,18). The molecule has 0 atom stereocenters. The van der Waals surface area contributed by atoms with E-state index in [1.165, 1.54) is 11.3 Å². The van der Waals surface area contributed by atoms with E-state index < -0.39 is 0 Å². The molecule has 0 radical (unpaired) electrons. The molecule has 0 fully saturated rings. The molecule has 1 aliphatic heterocycles. The Morgan fingerprint density at radius 3 is 2.90 bits per heavy atom. The Balaban J connectivity index is 1.63. The maximum Gasteiger partial charge on any atom is 0.321 e. The SMILES string of the molecule is CN(Cc1ccc(Cl)s1)C(=O)Nc1ccc2c(c1)OCO2. The maximum absolute atomic E-state index is 12.1. The second kappa shape index (κ2) is 5.83. The van der Waals surface area contributed by atoms with Gasteiger partial charge >= 0.3 is 6.03 Å². The minimum absolute atomic E-state index is 0.196. The lowest BCUT2D eigenvalue weighted by Crippen LogP contribution is -2.30. The first kappa shape index (κ1) is 14.0. The Labute approximate surface area is 131 Å². The number of carbonyl (C=O) groups excluding carboxylic acids is 1. The lowest BCUT2D eigenvalue weighted by Gasteiger charge is -2.17. The molecule has 110 valence electrons. The van der Waals surface area contributed by atoms with Crippen molar-refractivity contribution in [2.24, 2.45) is 0 Å². The fourth-order valence-electron chi connectivity index (χ4n) is 1.94. The first-order chi connectivity index (χ1) is 10.1. The van der Waals surface area contributed by atoms with Crippen molar-refractivity contribution in [3.05, 3.63) is 39.5 Å². The number of rotatable bonds is 3. The number of hydrogen-bond donors (Lipinski definition) is 1. The topological polar surface area (TPSA) is 50.8 Å². The lowest BCUT2D eigenvalue weighted by molar-refractivity contribution is 0.174. The molecule has 1 aromatic heterocycles. The number of thiophene rings is 1. The summed E-state index contributed by atoms with van der Waals surface area (Å²) < 4.78 is 11.2. The van der Waals surface area contributed by atoms with Gasteiger partial charge in [-0.1, -0.05) is 11.6 Å². The Kier molecular flexibility index (Phi) is 3.90. The summed E-state index contributed by atoms with van der Waals surface area (Å²) in [6.45, 7) is 0.722. The number of nitrogens with one attached hydrogen (secondary N) is 1. The summed E-state index contributed by atoms with van der Waals surface area (Å²) in [7, 11) is 1.73. The van der Waals surface area contributed by atoms with E-state index in [2.05, 4.69) is 5.32 Å². The van der Waals surface area contributed by atoms with Crippen molar-refractivity contribution >= 4 is 34.7 Å². The van der Waals surface area contributed by atoms with Gasteiger partial charge in [0.1, 0.15) is 0 Å². The van der Waals surface area contributed by atoms with E-state index in [1.54, 1.807) is 30.1 Å². The first-order valence-corrected chi connectivity index (χ1v) is 7.47. The molecule has 1 N–H and O–H groups in total. The third-order valence-electron chi connectivity index (χ3n) is 2.99. The van der Waals surface area contributed by atoms with Crippen LogP contribution in [0.15, 0.2) is 30.3 Å². The molecule has 3 rings (SSSR count). The molecule has 1 aliphatic rings. The molecule has 2 heterocycles. The summed E-state index contributed by atoms with van der Waals surface area (Å²) in [5.41, 5.74) is 0.667. The van der Waals surface area contributed by atoms with Gasteiger partial charge in [-0.05, 0) is 24.3 Å². The van der Waals surface area contributed by atoms with E-state index >= 15 is 0 Å². The molecule has 2 amide bonds. The third-order valence-corrected chi connectivity index (χ3v) is 4.21. The number of benzene rings is 1. The Hall–Kier alpha value is -1.92. The third kappa shape index (κ3) is 3.22. The average molecular weight is 325 g/mol. The number of fused-ring (bicyclic) bond motifs is 1. The summed E-state index contributed by atoms with van der Waals surface area (Å²) in [4.78, 5) is 14.8. The largest absolute Gasteiger partial charge is 0.454 e. The van der Waals surface area contributed by atoms with Crippen LogP contribution in [-0.2, 0) is 6.54 Å². The fraction of sp³-hybridized carbons (Fsp3) is 0.214. The zero-order valence-electron chi connectivity index (χ0n) is 11.3. The van der Waals surface area contributed by atoms with Gasteiger partial charge in [0.05, 0.1) is 10.9 Å². The van der Waals surface area contributed by atoms with Gasteiger partial charge in [-0.25, -0.2) is 4.79 Å². The molecule has 0 spiro atoms. The maximum atomic E-state index is 12.1. The predicted molar refractivity (Wildman–Crippen MR) is 82.4 cm³/mol. The number of hydrogen-bond acceptors (Lipinski definition) is 4. The van der Waals surface area contributed by atoms with Crippen LogP contribution in [0, 0.1) is 0 Å². The van der Waals surface area contributed by atoms with Crippen molar-refractivity contribution in [1.29, 1.82) is 0 Å². The van der Waals surface area contributed by atoms with Crippen molar-refractivity contribution in [2.75, 3.05) is 19.2 Å². The van der Waals surface area contributed by atoms with E-state index in [4.69, 9.17) is 21.1 Å². The van der Waals surface area contributed by atoms with Gasteiger partial charge in [0.25, 0.3) is 0 Å². The number of ether oxygens (including phenoxy) is 2. The van der Waals surface area contributed by atoms with Gasteiger partial charge in [0.2, 0.25) is 6.79 Å². The zero-order chi connectivity index (χ0) is 14.8. The van der Waals surface area contributed by atoms with Crippen LogP contribution in [0.2, 0.25) is 4.34 Å². The highest BCUT2D eigenvalue weighted by Crippen LogP contribution is 2.34. The van der Waals surface area contributed by atoms with Crippen molar-refractivity contribution in [2.45, 2.75) is 6.54 Å². The van der Waals surface area contributed by atoms with Crippen LogP contribution in [0.3, 0.4) is 0 Å². The number of halogens is 1. The van der Waals surface area contributed by atoms with Crippen LogP contribution in [0.1, 0.15) is 4.88 Å². The molecule has 0 aliphatic carbocycles. The average Bonchev–Trinajstić information content (AvgIpc) is 3.07. The molecule has 1 aromatic carbocycles. The van der Waals surface area contributed by atoms with Crippen LogP contribution in [0.25, 0.3) is 0 Å². The number of urea groups is 1. The molecule has 2 aromatic rings. The van der Waals surface area contributed by atoms with E-state index in [1.807, 2.05) is 12.1 Å². The highest BCUT2D eigenvalue weighted by atomic mass is 35.5. The second-order valence-electron chi connectivity index (χ2n) is 4.56. The monoisotopic (exact) mass is 324 g/mol. The Morgan fingerprint density at radius 2 is 2.14 bits per heavy atom. The van der Waals surface area contributed by atoms with Crippen LogP contribution in [-0.4, -0.2) is 24.8 Å². The number of anilines is 1. The first-order valence-electron chi connectivity index (χ1n) is 6.28. The smallest absolute Gasteiger partial charge is 0.321 e. The van der Waals surface area contributed by atoms with Crippen LogP contribution in [0.5, 0.6) is 11.5 Å². The summed E-state index contributed by atoms with van der Waals surface area (Å²) in [6.07, 6.45) is 0. The van der Waals surface area contributed by atoms with Crippen LogP contribution < -0.4 is 14.8 Å². The van der Waals surface area contributed by atoms with Crippen molar-refractivity contribution in [3.8, 4) is 11.5 Å². The lowest BCUT2D eigenvalue weighted by atomic mass is 10.3. The molecule has 0 saturated heterocycles.